The Morgan fingerprint density at radius 2 is 1.90 bits per heavy atom. The van der Waals surface area contributed by atoms with E-state index >= 15 is 0 Å². The summed E-state index contributed by atoms with van der Waals surface area (Å²) >= 11 is 0.779. The zero-order valence-electron chi connectivity index (χ0n) is 11.3. The predicted octanol–water partition coefficient (Wildman–Crippen LogP) is 3.64. The van der Waals surface area contributed by atoms with Gasteiger partial charge in [-0.25, -0.2) is 5.26 Å². The van der Waals surface area contributed by atoms with E-state index in [9.17, 15) is 13.0 Å². The van der Waals surface area contributed by atoms with Crippen LogP contribution in [-0.4, -0.2) is 18.2 Å². The standard InChI is InChI=1S/C13H14O6S2/c1-8(2)13-7-11(21(15,16)17)6-9-5-10(20-19-18-14)3-4-12(9)13/h3-8,14H,1-2H3,(H,15,16,17). The van der Waals surface area contributed by atoms with E-state index in [-0.39, 0.29) is 10.8 Å². The molecule has 21 heavy (non-hydrogen) atoms. The third-order valence-corrected chi connectivity index (χ3v) is 4.42. The van der Waals surface area contributed by atoms with Gasteiger partial charge in [0.2, 0.25) is 0 Å². The zero-order chi connectivity index (χ0) is 15.6. The van der Waals surface area contributed by atoms with E-state index < -0.39 is 10.1 Å². The van der Waals surface area contributed by atoms with Crippen LogP contribution in [0, 0.1) is 0 Å². The van der Waals surface area contributed by atoms with Gasteiger partial charge in [-0.1, -0.05) is 25.0 Å². The van der Waals surface area contributed by atoms with Gasteiger partial charge in [-0.15, -0.1) is 4.33 Å². The summed E-state index contributed by atoms with van der Waals surface area (Å²) in [6.07, 6.45) is 0. The molecule has 0 radical (unpaired) electrons. The molecule has 0 aliphatic carbocycles. The third kappa shape index (κ3) is 3.73. The number of hydrogen-bond donors (Lipinski definition) is 2. The lowest BCUT2D eigenvalue weighted by molar-refractivity contribution is -0.432. The summed E-state index contributed by atoms with van der Waals surface area (Å²) < 4.78 is 36.4. The van der Waals surface area contributed by atoms with E-state index in [4.69, 9.17) is 5.26 Å². The van der Waals surface area contributed by atoms with Crippen molar-refractivity contribution in [2.75, 3.05) is 0 Å². The van der Waals surface area contributed by atoms with Gasteiger partial charge >= 0.3 is 0 Å². The number of benzene rings is 2. The van der Waals surface area contributed by atoms with Gasteiger partial charge < -0.3 is 0 Å². The molecule has 0 aliphatic heterocycles. The average Bonchev–Trinajstić information content (AvgIpc) is 2.42. The van der Waals surface area contributed by atoms with Gasteiger partial charge in [-0.05, 0) is 46.5 Å². The van der Waals surface area contributed by atoms with Crippen molar-refractivity contribution < 1.29 is 27.6 Å². The van der Waals surface area contributed by atoms with Crippen LogP contribution >= 0.6 is 12.0 Å². The van der Waals surface area contributed by atoms with Crippen LogP contribution in [0.5, 0.6) is 0 Å². The van der Waals surface area contributed by atoms with Crippen molar-refractivity contribution in [3.63, 3.8) is 0 Å². The number of hydrogen-bond acceptors (Lipinski definition) is 6. The van der Waals surface area contributed by atoms with Crippen LogP contribution in [0.25, 0.3) is 10.8 Å². The van der Waals surface area contributed by atoms with Crippen molar-refractivity contribution in [2.24, 2.45) is 0 Å². The Bertz CT molecular complexity index is 755. The van der Waals surface area contributed by atoms with Gasteiger partial charge in [0.1, 0.15) is 0 Å². The highest BCUT2D eigenvalue weighted by molar-refractivity contribution is 7.94. The molecule has 0 saturated carbocycles. The Kier molecular flexibility index (Phi) is 4.87. The SMILES string of the molecule is CC(C)c1cc(S(=O)(=O)O)cc2cc(SOOO)ccc12. The molecule has 0 amide bonds. The molecular formula is C13H14O6S2. The largest absolute Gasteiger partial charge is 0.294 e. The first-order valence-electron chi connectivity index (χ1n) is 6.03. The van der Waals surface area contributed by atoms with Gasteiger partial charge in [0, 0.05) is 4.90 Å². The fraction of sp³-hybridized carbons (Fsp3) is 0.231. The van der Waals surface area contributed by atoms with Crippen LogP contribution in [0.2, 0.25) is 0 Å². The highest BCUT2D eigenvalue weighted by Gasteiger charge is 2.15. The maximum absolute atomic E-state index is 11.4. The summed E-state index contributed by atoms with van der Waals surface area (Å²) in [4.78, 5) is 0.457. The summed E-state index contributed by atoms with van der Waals surface area (Å²) in [7, 11) is -4.28. The van der Waals surface area contributed by atoms with Gasteiger partial charge in [-0.3, -0.25) is 4.55 Å². The fourth-order valence-corrected chi connectivity index (χ4v) is 3.04. The van der Waals surface area contributed by atoms with E-state index in [1.54, 1.807) is 12.1 Å². The van der Waals surface area contributed by atoms with E-state index in [0.717, 1.165) is 23.0 Å². The fourth-order valence-electron chi connectivity index (χ4n) is 2.08. The number of rotatable bonds is 5. The summed E-state index contributed by atoms with van der Waals surface area (Å²) in [5, 5.41) is 13.2. The minimum absolute atomic E-state index is 0.0877. The molecule has 6 nitrogen and oxygen atoms in total. The Morgan fingerprint density at radius 3 is 2.48 bits per heavy atom. The van der Waals surface area contributed by atoms with E-state index in [2.05, 4.69) is 9.37 Å². The highest BCUT2D eigenvalue weighted by atomic mass is 32.2. The lowest BCUT2D eigenvalue weighted by Crippen LogP contribution is -2.01. The van der Waals surface area contributed by atoms with Crippen LogP contribution in [0.4, 0.5) is 0 Å². The minimum atomic E-state index is -4.28. The summed E-state index contributed by atoms with van der Waals surface area (Å²) in [5.74, 6) is 0.0877. The molecule has 0 unspecified atom stereocenters. The Hall–Kier alpha value is -1.16. The van der Waals surface area contributed by atoms with Crippen LogP contribution in [0.1, 0.15) is 25.3 Å². The van der Waals surface area contributed by atoms with Crippen LogP contribution in [0.15, 0.2) is 40.1 Å². The second-order valence-electron chi connectivity index (χ2n) is 4.75. The maximum Gasteiger partial charge on any atom is 0.294 e. The highest BCUT2D eigenvalue weighted by Crippen LogP contribution is 2.32. The Labute approximate surface area is 126 Å². The van der Waals surface area contributed by atoms with Gasteiger partial charge in [0.05, 0.1) is 16.9 Å². The molecule has 8 heteroatoms. The van der Waals surface area contributed by atoms with E-state index in [0.29, 0.717) is 10.3 Å². The van der Waals surface area contributed by atoms with Crippen molar-refractivity contribution >= 4 is 32.9 Å². The monoisotopic (exact) mass is 330 g/mol. The van der Waals surface area contributed by atoms with Crippen LogP contribution in [-0.2, 0) is 19.5 Å². The molecule has 0 heterocycles. The smallest absolute Gasteiger partial charge is 0.282 e. The molecule has 0 bridgehead atoms. The van der Waals surface area contributed by atoms with Gasteiger partial charge in [0.25, 0.3) is 10.1 Å². The molecule has 0 spiro atoms. The second-order valence-corrected chi connectivity index (χ2v) is 6.95. The first-order chi connectivity index (χ1) is 9.82. The van der Waals surface area contributed by atoms with Gasteiger partial charge in [0.15, 0.2) is 0 Å². The summed E-state index contributed by atoms with van der Waals surface area (Å²) in [6, 6.07) is 8.12. The summed E-state index contributed by atoms with van der Waals surface area (Å²) in [6.45, 7) is 3.88. The predicted molar refractivity (Wildman–Crippen MR) is 78.5 cm³/mol. The van der Waals surface area contributed by atoms with Crippen molar-refractivity contribution in [1.82, 2.24) is 0 Å². The van der Waals surface area contributed by atoms with E-state index in [1.807, 2.05) is 19.9 Å². The molecule has 0 aliphatic rings. The van der Waals surface area contributed by atoms with Crippen molar-refractivity contribution in [1.29, 1.82) is 0 Å². The molecule has 2 N–H and O–H groups in total. The lowest BCUT2D eigenvalue weighted by Gasteiger charge is -2.12. The van der Waals surface area contributed by atoms with Crippen LogP contribution < -0.4 is 0 Å². The molecular weight excluding hydrogens is 316 g/mol. The Morgan fingerprint density at radius 1 is 1.19 bits per heavy atom. The molecule has 2 aromatic carbocycles. The summed E-state index contributed by atoms with van der Waals surface area (Å²) in [5.41, 5.74) is 0.816. The lowest BCUT2D eigenvalue weighted by atomic mass is 9.96. The first-order valence-corrected chi connectivity index (χ1v) is 8.21. The molecule has 0 atom stereocenters. The molecule has 0 fully saturated rings. The molecule has 114 valence electrons. The van der Waals surface area contributed by atoms with E-state index in [1.165, 1.54) is 12.1 Å². The molecule has 2 aromatic rings. The molecule has 0 saturated heterocycles. The molecule has 2 rings (SSSR count). The third-order valence-electron chi connectivity index (χ3n) is 3.01. The normalized spacial score (nSPS) is 12.2. The minimum Gasteiger partial charge on any atom is -0.282 e. The molecule has 0 aromatic heterocycles. The maximum atomic E-state index is 11.4. The quantitative estimate of drug-likeness (QED) is 0.374. The average molecular weight is 330 g/mol. The van der Waals surface area contributed by atoms with Crippen molar-refractivity contribution in [2.45, 2.75) is 29.6 Å². The first kappa shape index (κ1) is 16.2. The van der Waals surface area contributed by atoms with Gasteiger partial charge in [-0.2, -0.15) is 8.42 Å². The van der Waals surface area contributed by atoms with Crippen molar-refractivity contribution in [3.8, 4) is 0 Å². The number of fused-ring (bicyclic) bond motifs is 1. The Balaban J connectivity index is 2.65. The van der Waals surface area contributed by atoms with Crippen molar-refractivity contribution in [3.05, 3.63) is 35.9 Å². The topological polar surface area (TPSA) is 93.1 Å². The van der Waals surface area contributed by atoms with Crippen LogP contribution in [0.3, 0.4) is 0 Å². The zero-order valence-corrected chi connectivity index (χ0v) is 12.9. The second kappa shape index (κ2) is 6.30.